The molecular weight excluding hydrogens is 458 g/mol. The number of hydrogen-bond donors (Lipinski definition) is 2. The van der Waals surface area contributed by atoms with Gasteiger partial charge in [-0.3, -0.25) is 9.78 Å². The summed E-state index contributed by atoms with van der Waals surface area (Å²) in [5.41, 5.74) is 8.29. The minimum absolute atomic E-state index is 0.124. The molecule has 0 saturated carbocycles. The molecule has 3 N–H and O–H groups in total. The van der Waals surface area contributed by atoms with Crippen molar-refractivity contribution < 1.29 is 14.6 Å². The summed E-state index contributed by atoms with van der Waals surface area (Å²) < 4.78 is 5.37. The van der Waals surface area contributed by atoms with Gasteiger partial charge in [0.25, 0.3) is 0 Å². The number of likely N-dealkylation sites (tertiary alicyclic amines) is 1. The molecule has 1 fully saturated rings. The topological polar surface area (TPSA) is 88.7 Å². The van der Waals surface area contributed by atoms with Crippen molar-refractivity contribution in [3.05, 3.63) is 35.0 Å². The summed E-state index contributed by atoms with van der Waals surface area (Å²) in [5.74, 6) is 2.06. The second-order valence-corrected chi connectivity index (χ2v) is 10.5. The third kappa shape index (κ3) is 6.98. The molecule has 1 aliphatic rings. The van der Waals surface area contributed by atoms with Crippen molar-refractivity contribution in [1.82, 2.24) is 9.88 Å². The number of nitrogens with zero attached hydrogens (tertiary/aromatic N) is 2. The number of halogens is 1. The molecule has 8 heteroatoms. The maximum absolute atomic E-state index is 12.0. The Kier molecular flexibility index (Phi) is 10.1. The third-order valence-electron chi connectivity index (χ3n) is 6.64. The molecule has 1 aromatic carbocycles. The zero-order valence-electron chi connectivity index (χ0n) is 19.6. The molecule has 2 heterocycles. The van der Waals surface area contributed by atoms with Gasteiger partial charge in [0.2, 0.25) is 0 Å². The van der Waals surface area contributed by atoms with Gasteiger partial charge in [-0.15, -0.1) is 0 Å². The number of piperidine rings is 1. The number of fused-ring (bicyclic) bond motifs is 1. The third-order valence-corrected chi connectivity index (χ3v) is 7.99. The summed E-state index contributed by atoms with van der Waals surface area (Å²) in [6, 6.07) is 5.39. The maximum Gasteiger partial charge on any atom is 0.308 e. The van der Waals surface area contributed by atoms with Crippen molar-refractivity contribution in [3.63, 3.8) is 0 Å². The van der Waals surface area contributed by atoms with Gasteiger partial charge < -0.3 is 20.5 Å². The zero-order valence-corrected chi connectivity index (χ0v) is 21.2. The van der Waals surface area contributed by atoms with Crippen molar-refractivity contribution in [2.24, 2.45) is 17.6 Å². The molecule has 1 saturated heterocycles. The highest BCUT2D eigenvalue weighted by molar-refractivity contribution is 7.99. The van der Waals surface area contributed by atoms with Crippen LogP contribution in [0.3, 0.4) is 0 Å². The molecule has 0 aliphatic carbocycles. The number of carbonyl (C=O) groups is 1. The first-order valence-corrected chi connectivity index (χ1v) is 13.4. The lowest BCUT2D eigenvalue weighted by Crippen LogP contribution is -2.44. The highest BCUT2D eigenvalue weighted by Gasteiger charge is 2.34. The molecule has 182 valence electrons. The van der Waals surface area contributed by atoms with Crippen LogP contribution < -0.4 is 10.5 Å². The van der Waals surface area contributed by atoms with Gasteiger partial charge in [-0.05, 0) is 67.7 Å². The lowest BCUT2D eigenvalue weighted by molar-refractivity contribution is -0.146. The summed E-state index contributed by atoms with van der Waals surface area (Å²) in [6.45, 7) is 4.75. The smallest absolute Gasteiger partial charge is 0.308 e. The van der Waals surface area contributed by atoms with E-state index in [2.05, 4.69) is 16.8 Å². The zero-order chi connectivity index (χ0) is 23.8. The number of methoxy groups -OCH3 is 1. The summed E-state index contributed by atoms with van der Waals surface area (Å²) in [7, 11) is 1.63. The molecule has 0 amide bonds. The Bertz CT molecular complexity index is 929. The summed E-state index contributed by atoms with van der Waals surface area (Å²) in [5, 5.41) is 11.3. The number of aromatic nitrogens is 1. The Hall–Kier alpha value is -1.54. The summed E-state index contributed by atoms with van der Waals surface area (Å²) >= 11 is 8.47. The van der Waals surface area contributed by atoms with Gasteiger partial charge in [-0.1, -0.05) is 24.9 Å². The van der Waals surface area contributed by atoms with Crippen LogP contribution in [0.4, 0.5) is 0 Å². The van der Waals surface area contributed by atoms with E-state index >= 15 is 0 Å². The minimum atomic E-state index is -0.700. The number of aliphatic carboxylic acids is 1. The number of nitrogens with two attached hydrogens (primary N) is 1. The van der Waals surface area contributed by atoms with E-state index < -0.39 is 5.97 Å². The number of ether oxygens (including phenoxy) is 1. The molecule has 0 bridgehead atoms. The largest absolute Gasteiger partial charge is 0.497 e. The highest BCUT2D eigenvalue weighted by atomic mass is 35.5. The van der Waals surface area contributed by atoms with Crippen molar-refractivity contribution in [2.75, 3.05) is 38.2 Å². The molecule has 1 aromatic heterocycles. The molecule has 1 aliphatic heterocycles. The molecule has 2 aromatic rings. The standard InChI is InChI=1S/C25H36ClN3O3S/c1-3-4-12-33-13-11-29-10-9-17(20(16-29)25(30)31)5-7-22(27)24-19-14-18(32-2)6-8-23(19)28-15-21(24)26/h6,8,14-15,17,20,22H,3-5,7,9-13,16,27H2,1-2H3,(H,30,31)/t17?,20?,22-/m1/s1. The molecule has 0 radical (unpaired) electrons. The van der Waals surface area contributed by atoms with Gasteiger partial charge in [0.05, 0.1) is 23.6 Å². The predicted molar refractivity (Wildman–Crippen MR) is 137 cm³/mol. The summed E-state index contributed by atoms with van der Waals surface area (Å²) in [4.78, 5) is 18.8. The van der Waals surface area contributed by atoms with Gasteiger partial charge in [0, 0.05) is 36.5 Å². The fraction of sp³-hybridized carbons (Fsp3) is 0.600. The van der Waals surface area contributed by atoms with Gasteiger partial charge >= 0.3 is 5.97 Å². The minimum Gasteiger partial charge on any atom is -0.497 e. The van der Waals surface area contributed by atoms with Crippen LogP contribution in [0, 0.1) is 11.8 Å². The highest BCUT2D eigenvalue weighted by Crippen LogP contribution is 2.36. The van der Waals surface area contributed by atoms with E-state index in [-0.39, 0.29) is 17.9 Å². The maximum atomic E-state index is 12.0. The Morgan fingerprint density at radius 2 is 2.24 bits per heavy atom. The second-order valence-electron chi connectivity index (χ2n) is 8.85. The van der Waals surface area contributed by atoms with E-state index in [9.17, 15) is 9.90 Å². The fourth-order valence-electron chi connectivity index (χ4n) is 4.65. The van der Waals surface area contributed by atoms with Gasteiger partial charge in [0.1, 0.15) is 5.75 Å². The number of hydrogen-bond acceptors (Lipinski definition) is 6. The Balaban J connectivity index is 1.62. The van der Waals surface area contributed by atoms with Crippen LogP contribution in [0.5, 0.6) is 5.75 Å². The van der Waals surface area contributed by atoms with E-state index in [1.807, 2.05) is 30.0 Å². The van der Waals surface area contributed by atoms with E-state index in [0.29, 0.717) is 18.0 Å². The van der Waals surface area contributed by atoms with Crippen LogP contribution in [-0.2, 0) is 4.79 Å². The molecule has 0 spiro atoms. The van der Waals surface area contributed by atoms with Crippen molar-refractivity contribution in [1.29, 1.82) is 0 Å². The van der Waals surface area contributed by atoms with Crippen molar-refractivity contribution >= 4 is 40.2 Å². The van der Waals surface area contributed by atoms with Crippen LogP contribution >= 0.6 is 23.4 Å². The SMILES string of the molecule is CCCCSCCN1CCC(CC[C@@H](N)c2c(Cl)cnc3ccc(OC)cc23)C(C(=O)O)C1. The Morgan fingerprint density at radius 1 is 1.42 bits per heavy atom. The van der Waals surface area contributed by atoms with Crippen LogP contribution in [-0.4, -0.2) is 59.2 Å². The molecule has 2 unspecified atom stereocenters. The molecule has 33 heavy (non-hydrogen) atoms. The quantitative estimate of drug-likeness (QED) is 0.391. The predicted octanol–water partition coefficient (Wildman–Crippen LogP) is 5.23. The van der Waals surface area contributed by atoms with Crippen molar-refractivity contribution in [2.45, 2.75) is 45.1 Å². The number of benzene rings is 1. The van der Waals surface area contributed by atoms with Crippen LogP contribution in [0.15, 0.2) is 24.4 Å². The van der Waals surface area contributed by atoms with Gasteiger partial charge in [-0.25, -0.2) is 0 Å². The monoisotopic (exact) mass is 493 g/mol. The number of unbranched alkanes of at least 4 members (excludes halogenated alkanes) is 1. The number of rotatable bonds is 12. The lowest BCUT2D eigenvalue weighted by Gasteiger charge is -2.37. The normalized spacial score (nSPS) is 20.1. The van der Waals surface area contributed by atoms with Crippen LogP contribution in [0.2, 0.25) is 5.02 Å². The van der Waals surface area contributed by atoms with Gasteiger partial charge in [0.15, 0.2) is 0 Å². The molecule has 3 rings (SSSR count). The van der Waals surface area contributed by atoms with Gasteiger partial charge in [-0.2, -0.15) is 11.8 Å². The average Bonchev–Trinajstić information content (AvgIpc) is 2.82. The fourth-order valence-corrected chi connectivity index (χ4v) is 6.02. The Labute approximate surface area is 206 Å². The first-order chi connectivity index (χ1) is 15.9. The van der Waals surface area contributed by atoms with Crippen LogP contribution in [0.1, 0.15) is 50.6 Å². The molecule has 6 nitrogen and oxygen atoms in total. The molecular formula is C25H36ClN3O3S. The van der Waals surface area contributed by atoms with E-state index in [4.69, 9.17) is 22.1 Å². The van der Waals surface area contributed by atoms with Crippen molar-refractivity contribution in [3.8, 4) is 5.75 Å². The Morgan fingerprint density at radius 3 is 2.97 bits per heavy atom. The first-order valence-electron chi connectivity index (χ1n) is 11.8. The van der Waals surface area contributed by atoms with Crippen LogP contribution in [0.25, 0.3) is 10.9 Å². The first kappa shape index (κ1) is 26.1. The lowest BCUT2D eigenvalue weighted by atomic mass is 9.81. The number of pyridine rings is 1. The van der Waals surface area contributed by atoms with E-state index in [1.165, 1.54) is 18.6 Å². The second kappa shape index (κ2) is 12.8. The average molecular weight is 494 g/mol. The summed E-state index contributed by atoms with van der Waals surface area (Å²) in [6.07, 6.45) is 6.44. The number of thioether (sulfide) groups is 1. The number of carboxylic acid groups (broad SMARTS) is 1. The van der Waals surface area contributed by atoms with E-state index in [0.717, 1.165) is 53.9 Å². The molecule has 3 atom stereocenters. The van der Waals surface area contributed by atoms with E-state index in [1.54, 1.807) is 13.3 Å². The number of carboxylic acids is 1.